The van der Waals surface area contributed by atoms with Gasteiger partial charge in [-0.2, -0.15) is 13.4 Å². The topological polar surface area (TPSA) is 108 Å². The third-order valence-corrected chi connectivity index (χ3v) is 7.94. The van der Waals surface area contributed by atoms with Crippen molar-refractivity contribution in [2.75, 3.05) is 6.61 Å². The first kappa shape index (κ1) is 18.2. The zero-order valence-corrected chi connectivity index (χ0v) is 15.7. The summed E-state index contributed by atoms with van der Waals surface area (Å²) in [6, 6.07) is 6.95. The number of rotatable bonds is 7. The second-order valence-corrected chi connectivity index (χ2v) is 11.1. The quantitative estimate of drug-likeness (QED) is 0.475. The summed E-state index contributed by atoms with van der Waals surface area (Å²) in [4.78, 5) is 10.6. The molecule has 27 heavy (non-hydrogen) atoms. The van der Waals surface area contributed by atoms with Gasteiger partial charge >= 0.3 is 14.0 Å². The molecule has 1 unspecified atom stereocenters. The minimum Gasteiger partial charge on any atom is -0.594 e. The van der Waals surface area contributed by atoms with Crippen LogP contribution in [0.4, 0.5) is 4.39 Å². The zero-order chi connectivity index (χ0) is 19.0. The molecule has 142 valence electrons. The van der Waals surface area contributed by atoms with Gasteiger partial charge in [-0.15, -0.1) is 0 Å². The monoisotopic (exact) mass is 409 g/mol. The van der Waals surface area contributed by atoms with Gasteiger partial charge in [0.15, 0.2) is 10.2 Å². The second-order valence-electron chi connectivity index (χ2n) is 6.38. The van der Waals surface area contributed by atoms with Crippen molar-refractivity contribution in [3.8, 4) is 5.75 Å². The third kappa shape index (κ3) is 4.23. The number of nitrogens with zero attached hydrogens (tertiary/aromatic N) is 2. The Labute approximate surface area is 157 Å². The number of nitrogens with one attached hydrogen (secondary N) is 1. The van der Waals surface area contributed by atoms with Crippen LogP contribution in [0, 0.1) is 11.7 Å². The Morgan fingerprint density at radius 2 is 2.11 bits per heavy atom. The number of ether oxygens (including phenoxy) is 1. The number of imidazole rings is 1. The molecule has 0 saturated heterocycles. The van der Waals surface area contributed by atoms with Crippen molar-refractivity contribution < 1.29 is 22.1 Å². The van der Waals surface area contributed by atoms with Gasteiger partial charge in [-0.1, -0.05) is 0 Å². The van der Waals surface area contributed by atoms with Crippen LogP contribution in [0.15, 0.2) is 41.7 Å². The maximum atomic E-state index is 13.3. The number of fused-ring (bicyclic) bond motifs is 1. The first-order valence-electron chi connectivity index (χ1n) is 8.29. The molecule has 1 saturated carbocycles. The Morgan fingerprint density at radius 1 is 1.30 bits per heavy atom. The van der Waals surface area contributed by atoms with Crippen LogP contribution < -0.4 is 4.74 Å². The standard InChI is InChI=1S/C17H16FN3O4S2/c18-12-3-4-15-16(7-12)21-17(20-15)26(22)27(23,24)10-13-8-14(5-6-19-13)25-9-11-1-2-11/h3-8,11H,1-2,9-10H2,(H,20,21). The zero-order valence-electron chi connectivity index (χ0n) is 14.1. The van der Waals surface area contributed by atoms with Crippen molar-refractivity contribution in [1.29, 1.82) is 0 Å². The highest BCUT2D eigenvalue weighted by molar-refractivity contribution is 8.66. The number of aromatic amines is 1. The molecule has 2 heterocycles. The van der Waals surface area contributed by atoms with Gasteiger partial charge in [0.05, 0.1) is 23.3 Å². The van der Waals surface area contributed by atoms with Gasteiger partial charge in [0, 0.05) is 18.3 Å². The molecule has 1 aliphatic rings. The molecule has 1 fully saturated rings. The highest BCUT2D eigenvalue weighted by Gasteiger charge is 2.33. The molecule has 0 bridgehead atoms. The van der Waals surface area contributed by atoms with Crippen molar-refractivity contribution in [2.45, 2.75) is 23.8 Å². The van der Waals surface area contributed by atoms with E-state index in [1.165, 1.54) is 24.4 Å². The second kappa shape index (κ2) is 7.10. The van der Waals surface area contributed by atoms with Crippen LogP contribution in [0.25, 0.3) is 11.0 Å². The molecule has 10 heteroatoms. The molecule has 0 radical (unpaired) electrons. The molecular weight excluding hydrogens is 393 g/mol. The van der Waals surface area contributed by atoms with Gasteiger partial charge in [-0.3, -0.25) is 9.97 Å². The molecule has 2 aromatic heterocycles. The van der Waals surface area contributed by atoms with E-state index in [4.69, 9.17) is 4.74 Å². The van der Waals surface area contributed by atoms with Crippen LogP contribution in [0.2, 0.25) is 0 Å². The molecular formula is C17H16FN3O4S2. The van der Waals surface area contributed by atoms with Crippen molar-refractivity contribution in [3.63, 3.8) is 0 Å². The summed E-state index contributed by atoms with van der Waals surface area (Å²) in [5.74, 6) is 0.0651. The molecule has 3 aromatic rings. The van der Waals surface area contributed by atoms with Crippen molar-refractivity contribution in [2.24, 2.45) is 5.92 Å². The van der Waals surface area contributed by atoms with E-state index >= 15 is 0 Å². The lowest BCUT2D eigenvalue weighted by molar-refractivity contribution is 0.299. The Morgan fingerprint density at radius 3 is 2.89 bits per heavy atom. The summed E-state index contributed by atoms with van der Waals surface area (Å²) in [6.45, 7) is 0.595. The van der Waals surface area contributed by atoms with Gasteiger partial charge in [0.25, 0.3) is 0 Å². The molecule has 7 nitrogen and oxygen atoms in total. The summed E-state index contributed by atoms with van der Waals surface area (Å²) in [7, 11) is -6.53. The lowest BCUT2D eigenvalue weighted by Crippen LogP contribution is -2.19. The Bertz CT molecular complexity index is 1080. The summed E-state index contributed by atoms with van der Waals surface area (Å²) >= 11 is 0. The average molecular weight is 409 g/mol. The fourth-order valence-corrected chi connectivity index (χ4v) is 5.39. The lowest BCUT2D eigenvalue weighted by Gasteiger charge is -2.09. The molecule has 1 aromatic carbocycles. The number of halogens is 1. The van der Waals surface area contributed by atoms with Crippen molar-refractivity contribution in [3.05, 3.63) is 48.0 Å². The molecule has 1 atom stereocenters. The van der Waals surface area contributed by atoms with Crippen LogP contribution >= 0.6 is 0 Å². The van der Waals surface area contributed by atoms with Crippen LogP contribution in [-0.4, -0.2) is 34.5 Å². The summed E-state index contributed by atoms with van der Waals surface area (Å²) in [5.41, 5.74) is 0.851. The van der Waals surface area contributed by atoms with E-state index in [1.807, 2.05) is 0 Å². The van der Waals surface area contributed by atoms with Gasteiger partial charge in [-0.25, -0.2) is 4.39 Å². The minimum atomic E-state index is -4.09. The van der Waals surface area contributed by atoms with Crippen LogP contribution in [0.5, 0.6) is 5.75 Å². The van der Waals surface area contributed by atoms with Crippen LogP contribution in [0.1, 0.15) is 18.5 Å². The molecule has 4 rings (SSSR count). The SMILES string of the molecule is O=S(=O)(Cc1cc(OCC2CC2)ccn1)[S+]([O-])c1nc2cc(F)ccc2[nH]1. The van der Waals surface area contributed by atoms with E-state index < -0.39 is 30.6 Å². The van der Waals surface area contributed by atoms with E-state index in [-0.39, 0.29) is 16.4 Å². The van der Waals surface area contributed by atoms with E-state index in [1.54, 1.807) is 6.07 Å². The predicted molar refractivity (Wildman–Crippen MR) is 97.5 cm³/mol. The fourth-order valence-electron chi connectivity index (χ4n) is 2.51. The summed E-state index contributed by atoms with van der Waals surface area (Å²) in [6.07, 6.45) is 3.75. The van der Waals surface area contributed by atoms with Crippen LogP contribution in [0.3, 0.4) is 0 Å². The number of benzene rings is 1. The molecule has 0 amide bonds. The number of hydrogen-bond donors (Lipinski definition) is 1. The Kier molecular flexibility index (Phi) is 4.79. The predicted octanol–water partition coefficient (Wildman–Crippen LogP) is 2.52. The van der Waals surface area contributed by atoms with Crippen LogP contribution in [-0.2, 0) is 24.8 Å². The van der Waals surface area contributed by atoms with Crippen molar-refractivity contribution in [1.82, 2.24) is 15.0 Å². The van der Waals surface area contributed by atoms with Gasteiger partial charge in [-0.05, 0) is 37.0 Å². The van der Waals surface area contributed by atoms with Gasteiger partial charge < -0.3 is 9.29 Å². The first-order valence-corrected chi connectivity index (χ1v) is 11.6. The van der Waals surface area contributed by atoms with Crippen molar-refractivity contribution >= 4 is 30.1 Å². The minimum absolute atomic E-state index is 0.210. The van der Waals surface area contributed by atoms with E-state index in [0.717, 1.165) is 18.9 Å². The highest BCUT2D eigenvalue weighted by Crippen LogP contribution is 2.30. The highest BCUT2D eigenvalue weighted by atomic mass is 33.2. The van der Waals surface area contributed by atoms with E-state index in [9.17, 15) is 17.4 Å². The van der Waals surface area contributed by atoms with Gasteiger partial charge in [0.2, 0.25) is 0 Å². The smallest absolute Gasteiger partial charge is 0.339 e. The molecule has 1 N–H and O–H groups in total. The normalized spacial score (nSPS) is 15.8. The maximum absolute atomic E-state index is 13.3. The fraction of sp³-hybridized carbons (Fsp3) is 0.294. The van der Waals surface area contributed by atoms with Gasteiger partial charge in [0.1, 0.15) is 17.3 Å². The number of aromatic nitrogens is 3. The number of hydrogen-bond acceptors (Lipinski definition) is 6. The average Bonchev–Trinajstić information content (AvgIpc) is 3.37. The molecule has 0 spiro atoms. The molecule has 0 aliphatic heterocycles. The summed E-state index contributed by atoms with van der Waals surface area (Å²) < 4.78 is 56.4. The summed E-state index contributed by atoms with van der Waals surface area (Å²) in [5, 5.41) is -0.239. The first-order chi connectivity index (χ1) is 12.9. The third-order valence-electron chi connectivity index (χ3n) is 4.11. The number of H-pyrrole nitrogens is 1. The number of pyridine rings is 1. The van der Waals surface area contributed by atoms with E-state index in [0.29, 0.717) is 23.8 Å². The Hall–Kier alpha value is -2.17. The molecule has 1 aliphatic carbocycles. The Balaban J connectivity index is 1.52. The largest absolute Gasteiger partial charge is 0.594 e. The van der Waals surface area contributed by atoms with E-state index in [2.05, 4.69) is 15.0 Å². The maximum Gasteiger partial charge on any atom is 0.339 e. The lowest BCUT2D eigenvalue weighted by atomic mass is 10.3.